The fourth-order valence-corrected chi connectivity index (χ4v) is 2.65. The number of nitrogens with zero attached hydrogens (tertiary/aromatic N) is 2. The SMILES string of the molecule is CCCNCc1cnccc1N(CC)CC1CCC1. The first-order valence-corrected chi connectivity index (χ1v) is 7.73. The first-order chi connectivity index (χ1) is 9.35. The van der Waals surface area contributed by atoms with Gasteiger partial charge >= 0.3 is 0 Å². The van der Waals surface area contributed by atoms with Crippen LogP contribution in [0.1, 0.15) is 45.1 Å². The molecule has 0 spiro atoms. The molecule has 1 aromatic rings. The standard InChI is InChI=1S/C16H27N3/c1-3-9-17-11-15-12-18-10-8-16(15)19(4-2)13-14-6-5-7-14/h8,10,12,14,17H,3-7,9,11,13H2,1-2H3. The fourth-order valence-electron chi connectivity index (χ4n) is 2.65. The van der Waals surface area contributed by atoms with Gasteiger partial charge in [-0.15, -0.1) is 0 Å². The summed E-state index contributed by atoms with van der Waals surface area (Å²) >= 11 is 0. The van der Waals surface area contributed by atoms with E-state index in [-0.39, 0.29) is 0 Å². The molecule has 0 aromatic carbocycles. The van der Waals surface area contributed by atoms with Gasteiger partial charge in [0.1, 0.15) is 0 Å². The van der Waals surface area contributed by atoms with Crippen molar-refractivity contribution in [2.24, 2.45) is 5.92 Å². The molecule has 1 aliphatic carbocycles. The molecule has 0 bridgehead atoms. The van der Waals surface area contributed by atoms with Gasteiger partial charge in [-0.3, -0.25) is 4.98 Å². The normalized spacial score (nSPS) is 15.3. The Morgan fingerprint density at radius 1 is 1.37 bits per heavy atom. The van der Waals surface area contributed by atoms with Gasteiger partial charge in [0.15, 0.2) is 0 Å². The molecule has 0 atom stereocenters. The monoisotopic (exact) mass is 261 g/mol. The van der Waals surface area contributed by atoms with Gasteiger partial charge in [0.25, 0.3) is 0 Å². The van der Waals surface area contributed by atoms with Gasteiger partial charge in [0.05, 0.1) is 0 Å². The maximum absolute atomic E-state index is 4.29. The first kappa shape index (κ1) is 14.3. The van der Waals surface area contributed by atoms with Gasteiger partial charge in [0, 0.05) is 43.3 Å². The maximum atomic E-state index is 4.29. The van der Waals surface area contributed by atoms with E-state index in [9.17, 15) is 0 Å². The molecule has 1 N–H and O–H groups in total. The van der Waals surface area contributed by atoms with E-state index in [4.69, 9.17) is 0 Å². The van der Waals surface area contributed by atoms with Gasteiger partial charge in [-0.05, 0) is 44.7 Å². The van der Waals surface area contributed by atoms with Crippen molar-refractivity contribution < 1.29 is 0 Å². The van der Waals surface area contributed by atoms with E-state index in [1.54, 1.807) is 0 Å². The van der Waals surface area contributed by atoms with E-state index in [0.29, 0.717) is 0 Å². The number of aromatic nitrogens is 1. The Morgan fingerprint density at radius 2 is 2.21 bits per heavy atom. The molecule has 1 fully saturated rings. The maximum Gasteiger partial charge on any atom is 0.0442 e. The lowest BCUT2D eigenvalue weighted by Gasteiger charge is -2.34. The minimum Gasteiger partial charge on any atom is -0.371 e. The Morgan fingerprint density at radius 3 is 2.84 bits per heavy atom. The van der Waals surface area contributed by atoms with E-state index in [1.165, 1.54) is 43.5 Å². The first-order valence-electron chi connectivity index (χ1n) is 7.73. The van der Waals surface area contributed by atoms with E-state index in [2.05, 4.69) is 35.1 Å². The van der Waals surface area contributed by atoms with Crippen LogP contribution in [0.5, 0.6) is 0 Å². The van der Waals surface area contributed by atoms with Crippen molar-refractivity contribution in [2.75, 3.05) is 24.5 Å². The number of pyridine rings is 1. The van der Waals surface area contributed by atoms with Gasteiger partial charge in [-0.2, -0.15) is 0 Å². The lowest BCUT2D eigenvalue weighted by atomic mass is 9.85. The molecule has 1 heterocycles. The molecule has 0 amide bonds. The van der Waals surface area contributed by atoms with Crippen LogP contribution in [0.15, 0.2) is 18.5 Å². The van der Waals surface area contributed by atoms with Crippen LogP contribution in [-0.2, 0) is 6.54 Å². The quantitative estimate of drug-likeness (QED) is 0.728. The Bertz CT molecular complexity index is 374. The van der Waals surface area contributed by atoms with Crippen LogP contribution < -0.4 is 10.2 Å². The Balaban J connectivity index is 2.02. The highest BCUT2D eigenvalue weighted by atomic mass is 15.1. The smallest absolute Gasteiger partial charge is 0.0442 e. The highest BCUT2D eigenvalue weighted by Crippen LogP contribution is 2.29. The van der Waals surface area contributed by atoms with E-state index in [1.807, 2.05) is 12.4 Å². The van der Waals surface area contributed by atoms with E-state index in [0.717, 1.165) is 25.6 Å². The van der Waals surface area contributed by atoms with Crippen molar-refractivity contribution in [3.8, 4) is 0 Å². The van der Waals surface area contributed by atoms with Crippen LogP contribution >= 0.6 is 0 Å². The van der Waals surface area contributed by atoms with Crippen molar-refractivity contribution in [1.82, 2.24) is 10.3 Å². The molecule has 19 heavy (non-hydrogen) atoms. The van der Waals surface area contributed by atoms with Gasteiger partial charge in [-0.1, -0.05) is 13.3 Å². The zero-order chi connectivity index (χ0) is 13.5. The zero-order valence-electron chi connectivity index (χ0n) is 12.4. The second kappa shape index (κ2) is 7.49. The number of hydrogen-bond acceptors (Lipinski definition) is 3. The lowest BCUT2D eigenvalue weighted by molar-refractivity contribution is 0.318. The fraction of sp³-hybridized carbons (Fsp3) is 0.688. The number of hydrogen-bond donors (Lipinski definition) is 1. The molecule has 1 aromatic heterocycles. The summed E-state index contributed by atoms with van der Waals surface area (Å²) in [6, 6.07) is 2.17. The van der Waals surface area contributed by atoms with Gasteiger partial charge in [0.2, 0.25) is 0 Å². The molecular formula is C16H27N3. The van der Waals surface area contributed by atoms with Crippen molar-refractivity contribution in [3.63, 3.8) is 0 Å². The summed E-state index contributed by atoms with van der Waals surface area (Å²) in [6.07, 6.45) is 9.35. The van der Waals surface area contributed by atoms with E-state index >= 15 is 0 Å². The Kier molecular flexibility index (Phi) is 5.64. The number of anilines is 1. The predicted molar refractivity (Wildman–Crippen MR) is 81.5 cm³/mol. The van der Waals surface area contributed by atoms with Crippen LogP contribution in [0.4, 0.5) is 5.69 Å². The summed E-state index contributed by atoms with van der Waals surface area (Å²) in [5, 5.41) is 3.49. The third-order valence-corrected chi connectivity index (χ3v) is 4.05. The molecule has 106 valence electrons. The van der Waals surface area contributed by atoms with Crippen molar-refractivity contribution >= 4 is 5.69 Å². The summed E-state index contributed by atoms with van der Waals surface area (Å²) in [6.45, 7) is 8.75. The summed E-state index contributed by atoms with van der Waals surface area (Å²) < 4.78 is 0. The molecule has 0 unspecified atom stereocenters. The van der Waals surface area contributed by atoms with Crippen LogP contribution in [0.25, 0.3) is 0 Å². The van der Waals surface area contributed by atoms with Crippen molar-refractivity contribution in [1.29, 1.82) is 0 Å². The summed E-state index contributed by atoms with van der Waals surface area (Å²) in [5.74, 6) is 0.907. The number of nitrogens with one attached hydrogen (secondary N) is 1. The molecule has 0 saturated heterocycles. The largest absolute Gasteiger partial charge is 0.371 e. The molecule has 0 aliphatic heterocycles. The average molecular weight is 261 g/mol. The Hall–Kier alpha value is -1.09. The van der Waals surface area contributed by atoms with Crippen LogP contribution in [0, 0.1) is 5.92 Å². The third-order valence-electron chi connectivity index (χ3n) is 4.05. The zero-order valence-corrected chi connectivity index (χ0v) is 12.4. The molecule has 3 nitrogen and oxygen atoms in total. The minimum absolute atomic E-state index is 0.907. The molecule has 1 saturated carbocycles. The lowest BCUT2D eigenvalue weighted by Crippen LogP contribution is -2.33. The molecule has 3 heteroatoms. The van der Waals surface area contributed by atoms with Crippen LogP contribution in [0.2, 0.25) is 0 Å². The predicted octanol–water partition coefficient (Wildman–Crippen LogP) is 3.21. The molecule has 0 radical (unpaired) electrons. The third kappa shape index (κ3) is 3.93. The van der Waals surface area contributed by atoms with Gasteiger partial charge < -0.3 is 10.2 Å². The highest BCUT2D eigenvalue weighted by Gasteiger charge is 2.21. The summed E-state index contributed by atoms with van der Waals surface area (Å²) in [5.41, 5.74) is 2.70. The molecule has 2 rings (SSSR count). The number of rotatable bonds is 8. The second-order valence-electron chi connectivity index (χ2n) is 5.52. The van der Waals surface area contributed by atoms with Crippen LogP contribution in [0.3, 0.4) is 0 Å². The van der Waals surface area contributed by atoms with Gasteiger partial charge in [-0.25, -0.2) is 0 Å². The molecule has 1 aliphatic rings. The highest BCUT2D eigenvalue weighted by molar-refractivity contribution is 5.52. The van der Waals surface area contributed by atoms with E-state index < -0.39 is 0 Å². The van der Waals surface area contributed by atoms with Crippen molar-refractivity contribution in [2.45, 2.75) is 46.1 Å². The summed E-state index contributed by atoms with van der Waals surface area (Å²) in [7, 11) is 0. The minimum atomic E-state index is 0.907. The van der Waals surface area contributed by atoms with Crippen LogP contribution in [-0.4, -0.2) is 24.6 Å². The Labute approximate surface area is 117 Å². The topological polar surface area (TPSA) is 28.2 Å². The second-order valence-corrected chi connectivity index (χ2v) is 5.52. The summed E-state index contributed by atoms with van der Waals surface area (Å²) in [4.78, 5) is 6.81. The van der Waals surface area contributed by atoms with Crippen molar-refractivity contribution in [3.05, 3.63) is 24.0 Å². The molecular weight excluding hydrogens is 234 g/mol. The average Bonchev–Trinajstić information content (AvgIpc) is 2.39.